The van der Waals surface area contributed by atoms with Crippen LogP contribution in [0.1, 0.15) is 19.3 Å². The van der Waals surface area contributed by atoms with Crippen molar-refractivity contribution < 1.29 is 4.74 Å². The first-order chi connectivity index (χ1) is 5.43. The topological polar surface area (TPSA) is 45.0 Å². The van der Waals surface area contributed by atoms with Crippen molar-refractivity contribution in [1.82, 2.24) is 5.32 Å². The lowest BCUT2D eigenvalue weighted by atomic mass is 10.2. The monoisotopic (exact) mass is 154 g/mol. The fourth-order valence-corrected chi connectivity index (χ4v) is 1.21. The highest BCUT2D eigenvalue weighted by Gasteiger charge is 2.13. The Morgan fingerprint density at radius 2 is 2.55 bits per heavy atom. The molecular weight excluding hydrogens is 140 g/mol. The molecule has 0 aromatic rings. The molecule has 0 bridgehead atoms. The van der Waals surface area contributed by atoms with Gasteiger partial charge in [-0.05, 0) is 12.8 Å². The number of nitriles is 1. The van der Waals surface area contributed by atoms with E-state index < -0.39 is 0 Å². The summed E-state index contributed by atoms with van der Waals surface area (Å²) >= 11 is 0. The molecule has 1 fully saturated rings. The molecule has 0 radical (unpaired) electrons. The molecule has 0 aromatic heterocycles. The summed E-state index contributed by atoms with van der Waals surface area (Å²) in [4.78, 5) is 0. The van der Waals surface area contributed by atoms with Crippen LogP contribution in [0.5, 0.6) is 0 Å². The molecule has 0 aromatic carbocycles. The van der Waals surface area contributed by atoms with E-state index in [-0.39, 0.29) is 0 Å². The summed E-state index contributed by atoms with van der Waals surface area (Å²) in [5, 5.41) is 11.4. The van der Waals surface area contributed by atoms with Gasteiger partial charge in [0.15, 0.2) is 0 Å². The highest BCUT2D eigenvalue weighted by Crippen LogP contribution is 2.10. The summed E-state index contributed by atoms with van der Waals surface area (Å²) in [5.41, 5.74) is 0. The molecular formula is C8H14N2O. The number of rotatable bonds is 4. The normalized spacial score (nSPS) is 23.4. The van der Waals surface area contributed by atoms with Gasteiger partial charge in [0, 0.05) is 26.1 Å². The zero-order chi connectivity index (χ0) is 7.94. The molecule has 1 aliphatic heterocycles. The average molecular weight is 154 g/mol. The molecule has 1 aliphatic rings. The van der Waals surface area contributed by atoms with Crippen LogP contribution in [0.15, 0.2) is 0 Å². The van der Waals surface area contributed by atoms with Gasteiger partial charge in [0.1, 0.15) is 0 Å². The minimum absolute atomic E-state index is 0.397. The SMILES string of the molecule is N#CCCNCC1CCCO1. The van der Waals surface area contributed by atoms with Crippen molar-refractivity contribution in [2.45, 2.75) is 25.4 Å². The molecule has 3 heteroatoms. The van der Waals surface area contributed by atoms with Gasteiger partial charge in [-0.3, -0.25) is 0 Å². The quantitative estimate of drug-likeness (QED) is 0.605. The maximum atomic E-state index is 8.24. The third-order valence-electron chi connectivity index (χ3n) is 1.81. The number of hydrogen-bond acceptors (Lipinski definition) is 3. The van der Waals surface area contributed by atoms with Gasteiger partial charge in [-0.15, -0.1) is 0 Å². The fraction of sp³-hybridized carbons (Fsp3) is 0.875. The molecule has 1 unspecified atom stereocenters. The summed E-state index contributed by atoms with van der Waals surface area (Å²) in [6.45, 7) is 2.60. The lowest BCUT2D eigenvalue weighted by Crippen LogP contribution is -2.26. The first-order valence-electron chi connectivity index (χ1n) is 4.13. The Kier molecular flexibility index (Phi) is 3.95. The van der Waals surface area contributed by atoms with E-state index in [1.807, 2.05) is 0 Å². The maximum absolute atomic E-state index is 8.24. The van der Waals surface area contributed by atoms with Crippen molar-refractivity contribution in [3.8, 4) is 6.07 Å². The van der Waals surface area contributed by atoms with E-state index in [4.69, 9.17) is 10.00 Å². The van der Waals surface area contributed by atoms with Crippen molar-refractivity contribution >= 4 is 0 Å². The first kappa shape index (κ1) is 8.51. The van der Waals surface area contributed by atoms with Crippen molar-refractivity contribution in [2.75, 3.05) is 19.7 Å². The van der Waals surface area contributed by atoms with E-state index in [9.17, 15) is 0 Å². The van der Waals surface area contributed by atoms with Gasteiger partial charge in [0.25, 0.3) is 0 Å². The zero-order valence-electron chi connectivity index (χ0n) is 6.68. The molecule has 1 rings (SSSR count). The smallest absolute Gasteiger partial charge is 0.0700 e. The van der Waals surface area contributed by atoms with E-state index in [2.05, 4.69) is 11.4 Å². The van der Waals surface area contributed by atoms with Gasteiger partial charge < -0.3 is 10.1 Å². The fourth-order valence-electron chi connectivity index (χ4n) is 1.21. The largest absolute Gasteiger partial charge is 0.377 e. The molecule has 0 spiro atoms. The number of nitrogens with zero attached hydrogens (tertiary/aromatic N) is 1. The highest BCUT2D eigenvalue weighted by molar-refractivity contribution is 4.72. The summed E-state index contributed by atoms with van der Waals surface area (Å²) in [6, 6.07) is 2.09. The van der Waals surface area contributed by atoms with E-state index >= 15 is 0 Å². The third kappa shape index (κ3) is 3.35. The van der Waals surface area contributed by atoms with Crippen LogP contribution in [-0.4, -0.2) is 25.8 Å². The van der Waals surface area contributed by atoms with Gasteiger partial charge in [0.2, 0.25) is 0 Å². The lowest BCUT2D eigenvalue weighted by molar-refractivity contribution is 0.110. The van der Waals surface area contributed by atoms with Crippen molar-refractivity contribution in [1.29, 1.82) is 5.26 Å². The summed E-state index contributed by atoms with van der Waals surface area (Å²) in [6.07, 6.45) is 3.34. The minimum atomic E-state index is 0.397. The first-order valence-corrected chi connectivity index (χ1v) is 4.13. The number of ether oxygens (including phenoxy) is 1. The standard InChI is InChI=1S/C8H14N2O/c9-4-2-5-10-7-8-3-1-6-11-8/h8,10H,1-3,5-7H2. The predicted octanol–water partition coefficient (Wildman–Crippen LogP) is 0.669. The summed E-state index contributed by atoms with van der Waals surface area (Å²) in [5.74, 6) is 0. The van der Waals surface area contributed by atoms with Crippen LogP contribution in [0.25, 0.3) is 0 Å². The lowest BCUT2D eigenvalue weighted by Gasteiger charge is -2.08. The Labute approximate surface area is 67.3 Å². The minimum Gasteiger partial charge on any atom is -0.377 e. The molecule has 62 valence electrons. The van der Waals surface area contributed by atoms with E-state index in [1.54, 1.807) is 0 Å². The molecule has 0 aliphatic carbocycles. The van der Waals surface area contributed by atoms with Crippen LogP contribution in [-0.2, 0) is 4.74 Å². The average Bonchev–Trinajstić information content (AvgIpc) is 2.50. The Morgan fingerprint density at radius 1 is 1.64 bits per heavy atom. The molecule has 3 nitrogen and oxygen atoms in total. The Balaban J connectivity index is 1.90. The van der Waals surface area contributed by atoms with Crippen molar-refractivity contribution in [3.63, 3.8) is 0 Å². The van der Waals surface area contributed by atoms with Crippen molar-refractivity contribution in [3.05, 3.63) is 0 Å². The van der Waals surface area contributed by atoms with E-state index in [0.717, 1.165) is 19.7 Å². The molecule has 1 atom stereocenters. The zero-order valence-corrected chi connectivity index (χ0v) is 6.68. The molecule has 1 N–H and O–H groups in total. The second-order valence-corrected chi connectivity index (χ2v) is 2.75. The summed E-state index contributed by atoms with van der Waals surface area (Å²) in [7, 11) is 0. The van der Waals surface area contributed by atoms with Gasteiger partial charge >= 0.3 is 0 Å². The Morgan fingerprint density at radius 3 is 3.18 bits per heavy atom. The molecule has 0 saturated carbocycles. The van der Waals surface area contributed by atoms with Crippen molar-refractivity contribution in [2.24, 2.45) is 0 Å². The molecule has 1 heterocycles. The van der Waals surface area contributed by atoms with Crippen LogP contribution in [0.4, 0.5) is 0 Å². The molecule has 11 heavy (non-hydrogen) atoms. The number of hydrogen-bond donors (Lipinski definition) is 1. The van der Waals surface area contributed by atoms with E-state index in [0.29, 0.717) is 12.5 Å². The van der Waals surface area contributed by atoms with Crippen LogP contribution in [0, 0.1) is 11.3 Å². The van der Waals surface area contributed by atoms with Gasteiger partial charge in [-0.1, -0.05) is 0 Å². The Hall–Kier alpha value is -0.590. The summed E-state index contributed by atoms with van der Waals surface area (Å²) < 4.78 is 5.39. The second-order valence-electron chi connectivity index (χ2n) is 2.75. The van der Waals surface area contributed by atoms with Gasteiger partial charge in [-0.2, -0.15) is 5.26 Å². The van der Waals surface area contributed by atoms with Crippen LogP contribution in [0.3, 0.4) is 0 Å². The van der Waals surface area contributed by atoms with Gasteiger partial charge in [-0.25, -0.2) is 0 Å². The van der Waals surface area contributed by atoms with Gasteiger partial charge in [0.05, 0.1) is 12.2 Å². The van der Waals surface area contributed by atoms with Crippen LogP contribution >= 0.6 is 0 Å². The predicted molar refractivity (Wildman–Crippen MR) is 42.1 cm³/mol. The number of nitrogens with one attached hydrogen (secondary N) is 1. The van der Waals surface area contributed by atoms with E-state index in [1.165, 1.54) is 12.8 Å². The maximum Gasteiger partial charge on any atom is 0.0700 e. The second kappa shape index (κ2) is 5.11. The third-order valence-corrected chi connectivity index (χ3v) is 1.81. The molecule has 0 amide bonds. The highest BCUT2D eigenvalue weighted by atomic mass is 16.5. The van der Waals surface area contributed by atoms with Crippen LogP contribution in [0.2, 0.25) is 0 Å². The Bertz CT molecular complexity index is 136. The van der Waals surface area contributed by atoms with Crippen LogP contribution < -0.4 is 5.32 Å². The molecule has 1 saturated heterocycles.